The Balaban J connectivity index is 1.90. The van der Waals surface area contributed by atoms with Crippen LogP contribution >= 0.6 is 23.8 Å². The van der Waals surface area contributed by atoms with Crippen molar-refractivity contribution >= 4 is 46.4 Å². The number of hydrazine groups is 1. The molecule has 2 aromatic carbocycles. The summed E-state index contributed by atoms with van der Waals surface area (Å²) in [6.07, 6.45) is 0. The van der Waals surface area contributed by atoms with Gasteiger partial charge < -0.3 is 0 Å². The third-order valence-electron chi connectivity index (χ3n) is 2.94. The van der Waals surface area contributed by atoms with E-state index >= 15 is 0 Å². The quantitative estimate of drug-likeness (QED) is 0.428. The highest BCUT2D eigenvalue weighted by Gasteiger charge is 2.13. The maximum Gasteiger partial charge on any atom is 0.270 e. The molecule has 25 heavy (non-hydrogen) atoms. The SMILES string of the molecule is O=C(NNC(=S)NC(=O)c1cccc([N+](=O)[O-])c1)c1ccc(Cl)cc1. The van der Waals surface area contributed by atoms with Gasteiger partial charge in [0.1, 0.15) is 0 Å². The number of benzene rings is 2. The molecule has 0 unspecified atom stereocenters. The molecule has 10 heteroatoms. The molecule has 0 atom stereocenters. The van der Waals surface area contributed by atoms with Crippen molar-refractivity contribution in [3.8, 4) is 0 Å². The van der Waals surface area contributed by atoms with Gasteiger partial charge in [0.25, 0.3) is 17.5 Å². The summed E-state index contributed by atoms with van der Waals surface area (Å²) in [5.41, 5.74) is 4.85. The second-order valence-electron chi connectivity index (χ2n) is 4.68. The van der Waals surface area contributed by atoms with Gasteiger partial charge >= 0.3 is 0 Å². The number of hydrogen-bond donors (Lipinski definition) is 3. The van der Waals surface area contributed by atoms with Gasteiger partial charge in [-0.25, -0.2) is 0 Å². The Morgan fingerprint density at radius 1 is 1.00 bits per heavy atom. The second kappa shape index (κ2) is 8.18. The zero-order valence-electron chi connectivity index (χ0n) is 12.5. The van der Waals surface area contributed by atoms with E-state index in [-0.39, 0.29) is 16.4 Å². The fourth-order valence-corrected chi connectivity index (χ4v) is 2.02. The van der Waals surface area contributed by atoms with Crippen LogP contribution < -0.4 is 16.2 Å². The number of carbonyl (C=O) groups is 2. The van der Waals surface area contributed by atoms with Crippen LogP contribution in [0.25, 0.3) is 0 Å². The molecule has 8 nitrogen and oxygen atoms in total. The molecule has 128 valence electrons. The predicted octanol–water partition coefficient (Wildman–Crippen LogP) is 2.20. The van der Waals surface area contributed by atoms with E-state index in [0.717, 1.165) is 6.07 Å². The lowest BCUT2D eigenvalue weighted by Gasteiger charge is -2.10. The highest BCUT2D eigenvalue weighted by atomic mass is 35.5. The Morgan fingerprint density at radius 3 is 2.32 bits per heavy atom. The second-order valence-corrected chi connectivity index (χ2v) is 5.52. The van der Waals surface area contributed by atoms with Gasteiger partial charge in [-0.1, -0.05) is 17.7 Å². The standard InChI is InChI=1S/C15H11ClN4O4S/c16-11-6-4-9(5-7-11)14(22)18-19-15(25)17-13(21)10-2-1-3-12(8-10)20(23)24/h1-8H,(H,18,22)(H2,17,19,21,25). The zero-order valence-corrected chi connectivity index (χ0v) is 14.1. The summed E-state index contributed by atoms with van der Waals surface area (Å²) in [6, 6.07) is 11.3. The maximum atomic E-state index is 12.0. The number of hydrogen-bond acceptors (Lipinski definition) is 5. The Kier molecular flexibility index (Phi) is 5.98. The largest absolute Gasteiger partial charge is 0.298 e. The van der Waals surface area contributed by atoms with E-state index in [0.29, 0.717) is 10.6 Å². The molecule has 0 bridgehead atoms. The summed E-state index contributed by atoms with van der Waals surface area (Å²) in [4.78, 5) is 34.0. The number of nitro benzene ring substituents is 1. The molecule has 0 fully saturated rings. The minimum atomic E-state index is -0.651. The van der Waals surface area contributed by atoms with E-state index in [1.807, 2.05) is 0 Å². The highest BCUT2D eigenvalue weighted by molar-refractivity contribution is 7.80. The minimum Gasteiger partial charge on any atom is -0.298 e. The molecule has 2 aromatic rings. The molecule has 0 radical (unpaired) electrons. The summed E-state index contributed by atoms with van der Waals surface area (Å²) < 4.78 is 0. The summed E-state index contributed by atoms with van der Waals surface area (Å²) in [5, 5.41) is 13.3. The van der Waals surface area contributed by atoms with E-state index in [2.05, 4.69) is 16.2 Å². The third kappa shape index (κ3) is 5.23. The molecule has 0 heterocycles. The smallest absolute Gasteiger partial charge is 0.270 e. The average Bonchev–Trinajstić information content (AvgIpc) is 2.60. The van der Waals surface area contributed by atoms with Crippen LogP contribution in [0.4, 0.5) is 5.69 Å². The molecular weight excluding hydrogens is 368 g/mol. The fourth-order valence-electron chi connectivity index (χ4n) is 1.75. The van der Waals surface area contributed by atoms with Crippen molar-refractivity contribution in [3.63, 3.8) is 0 Å². The molecule has 0 saturated carbocycles. The van der Waals surface area contributed by atoms with Gasteiger partial charge in [-0.15, -0.1) is 0 Å². The summed E-state index contributed by atoms with van der Waals surface area (Å²) in [5.74, 6) is -1.13. The van der Waals surface area contributed by atoms with Crippen molar-refractivity contribution in [1.82, 2.24) is 16.2 Å². The lowest BCUT2D eigenvalue weighted by atomic mass is 10.2. The molecule has 2 amide bonds. The number of carbonyl (C=O) groups excluding carboxylic acids is 2. The Hall–Kier alpha value is -3.04. The molecule has 0 aromatic heterocycles. The molecule has 0 aliphatic carbocycles. The van der Waals surface area contributed by atoms with E-state index < -0.39 is 16.7 Å². The van der Waals surface area contributed by atoms with Crippen LogP contribution in [0.3, 0.4) is 0 Å². The summed E-state index contributed by atoms with van der Waals surface area (Å²) in [7, 11) is 0. The number of halogens is 1. The van der Waals surface area contributed by atoms with Crippen LogP contribution in [-0.4, -0.2) is 21.9 Å². The monoisotopic (exact) mass is 378 g/mol. The van der Waals surface area contributed by atoms with Gasteiger partial charge in [-0.3, -0.25) is 35.9 Å². The van der Waals surface area contributed by atoms with Crippen LogP contribution in [0.1, 0.15) is 20.7 Å². The Bertz CT molecular complexity index is 842. The molecule has 0 aliphatic rings. The Labute approximate surface area is 152 Å². The van der Waals surface area contributed by atoms with Crippen molar-refractivity contribution in [2.75, 3.05) is 0 Å². The third-order valence-corrected chi connectivity index (χ3v) is 3.40. The van der Waals surface area contributed by atoms with E-state index in [4.69, 9.17) is 23.8 Å². The van der Waals surface area contributed by atoms with Crippen LogP contribution in [-0.2, 0) is 0 Å². The minimum absolute atomic E-state index is 0.0578. The van der Waals surface area contributed by atoms with Crippen LogP contribution in [0.15, 0.2) is 48.5 Å². The van der Waals surface area contributed by atoms with Crippen molar-refractivity contribution in [1.29, 1.82) is 0 Å². The molecule has 2 rings (SSSR count). The van der Waals surface area contributed by atoms with E-state index in [1.165, 1.54) is 30.3 Å². The Morgan fingerprint density at radius 2 is 1.68 bits per heavy atom. The van der Waals surface area contributed by atoms with Crippen molar-refractivity contribution in [2.24, 2.45) is 0 Å². The summed E-state index contributed by atoms with van der Waals surface area (Å²) >= 11 is 10.6. The number of nitro groups is 1. The van der Waals surface area contributed by atoms with Gasteiger partial charge in [0.15, 0.2) is 5.11 Å². The van der Waals surface area contributed by atoms with Gasteiger partial charge in [0, 0.05) is 28.3 Å². The first-order chi connectivity index (χ1) is 11.9. The zero-order chi connectivity index (χ0) is 18.4. The lowest BCUT2D eigenvalue weighted by molar-refractivity contribution is -0.384. The molecule has 3 N–H and O–H groups in total. The molecule has 0 spiro atoms. The van der Waals surface area contributed by atoms with Crippen LogP contribution in [0.2, 0.25) is 5.02 Å². The van der Waals surface area contributed by atoms with Gasteiger partial charge in [0.2, 0.25) is 0 Å². The number of nitrogens with one attached hydrogen (secondary N) is 3. The lowest BCUT2D eigenvalue weighted by Crippen LogP contribution is -2.48. The number of amides is 2. The summed E-state index contributed by atoms with van der Waals surface area (Å²) in [6.45, 7) is 0. The fraction of sp³-hybridized carbons (Fsp3) is 0. The van der Waals surface area contributed by atoms with E-state index in [9.17, 15) is 19.7 Å². The van der Waals surface area contributed by atoms with Crippen molar-refractivity contribution in [2.45, 2.75) is 0 Å². The topological polar surface area (TPSA) is 113 Å². The number of nitrogens with zero attached hydrogens (tertiary/aromatic N) is 1. The highest BCUT2D eigenvalue weighted by Crippen LogP contribution is 2.12. The number of non-ortho nitro benzene ring substituents is 1. The van der Waals surface area contributed by atoms with Crippen LogP contribution in [0, 0.1) is 10.1 Å². The van der Waals surface area contributed by atoms with Crippen molar-refractivity contribution in [3.05, 3.63) is 74.8 Å². The average molecular weight is 379 g/mol. The molecule has 0 saturated heterocycles. The molecule has 0 aliphatic heterocycles. The first kappa shape index (κ1) is 18.3. The molecular formula is C15H11ClN4O4S. The van der Waals surface area contributed by atoms with Gasteiger partial charge in [-0.2, -0.15) is 0 Å². The predicted molar refractivity (Wildman–Crippen MR) is 95.2 cm³/mol. The normalized spacial score (nSPS) is 9.80. The van der Waals surface area contributed by atoms with Gasteiger partial charge in [-0.05, 0) is 42.5 Å². The van der Waals surface area contributed by atoms with E-state index in [1.54, 1.807) is 12.1 Å². The first-order valence-electron chi connectivity index (χ1n) is 6.78. The number of thiocarbonyl (C=S) groups is 1. The number of rotatable bonds is 3. The van der Waals surface area contributed by atoms with Crippen molar-refractivity contribution < 1.29 is 14.5 Å². The maximum absolute atomic E-state index is 12.0. The van der Waals surface area contributed by atoms with Gasteiger partial charge in [0.05, 0.1) is 4.92 Å². The van der Waals surface area contributed by atoms with Crippen LogP contribution in [0.5, 0.6) is 0 Å². The first-order valence-corrected chi connectivity index (χ1v) is 7.57.